The number of nitrogens with one attached hydrogen (secondary N) is 2. The van der Waals surface area contributed by atoms with Gasteiger partial charge in [0.1, 0.15) is 29.1 Å². The summed E-state index contributed by atoms with van der Waals surface area (Å²) in [6.07, 6.45) is -1.58. The zero-order chi connectivity index (χ0) is 33.9. The number of carbonyl (C=O) groups is 3. The van der Waals surface area contributed by atoms with Crippen molar-refractivity contribution in [2.24, 2.45) is 0 Å². The van der Waals surface area contributed by atoms with E-state index in [2.05, 4.69) is 10.6 Å². The van der Waals surface area contributed by atoms with Gasteiger partial charge in [-0.05, 0) is 18.9 Å². The van der Waals surface area contributed by atoms with E-state index >= 15 is 0 Å². The molecule has 2 heterocycles. The first-order chi connectivity index (χ1) is 22.7. The Morgan fingerprint density at radius 1 is 1.06 bits per heavy atom. The van der Waals surface area contributed by atoms with Gasteiger partial charge >= 0.3 is 0 Å². The molecule has 1 amide bonds. The van der Waals surface area contributed by atoms with Crippen LogP contribution in [-0.4, -0.2) is 97.0 Å². The van der Waals surface area contributed by atoms with E-state index in [-0.39, 0.29) is 58.9 Å². The first kappa shape index (κ1) is 34.7. The third kappa shape index (κ3) is 6.60. The molecule has 0 bridgehead atoms. The lowest BCUT2D eigenvalue weighted by molar-refractivity contribution is -0.233. The second-order valence-corrected chi connectivity index (χ2v) is 11.8. The highest BCUT2D eigenvalue weighted by Gasteiger charge is 2.50. The van der Waals surface area contributed by atoms with Crippen LogP contribution in [-0.2, 0) is 30.2 Å². The number of hydrogen-bond acceptors (Lipinski definition) is 12. The van der Waals surface area contributed by atoms with Gasteiger partial charge in [-0.2, -0.15) is 0 Å². The minimum atomic E-state index is -2.05. The average Bonchev–Trinajstić information content (AvgIpc) is 3.09. The number of methoxy groups -OCH3 is 1. The van der Waals surface area contributed by atoms with Gasteiger partial charge in [-0.1, -0.05) is 32.9 Å². The Morgan fingerprint density at radius 2 is 1.83 bits per heavy atom. The lowest BCUT2D eigenvalue weighted by atomic mass is 9.72. The van der Waals surface area contributed by atoms with Crippen LogP contribution in [0.5, 0.6) is 17.2 Å². The van der Waals surface area contributed by atoms with E-state index in [9.17, 15) is 29.7 Å². The molecule has 2 saturated heterocycles. The number of aliphatic hydroxyl groups is 1. The van der Waals surface area contributed by atoms with Gasteiger partial charge < -0.3 is 44.3 Å². The van der Waals surface area contributed by atoms with Crippen LogP contribution in [0, 0.1) is 0 Å². The van der Waals surface area contributed by atoms with E-state index in [1.54, 1.807) is 6.07 Å². The summed E-state index contributed by atoms with van der Waals surface area (Å²) in [7, 11) is 1.36. The van der Waals surface area contributed by atoms with Crippen molar-refractivity contribution in [1.82, 2.24) is 10.6 Å². The zero-order valence-electron chi connectivity index (χ0n) is 27.2. The Balaban J connectivity index is 0.00000213. The molecule has 0 radical (unpaired) electrons. The summed E-state index contributed by atoms with van der Waals surface area (Å²) in [5.41, 5.74) is -2.90. The van der Waals surface area contributed by atoms with Crippen LogP contribution in [0.1, 0.15) is 95.5 Å². The maximum Gasteiger partial charge on any atom is 0.252 e. The Labute approximate surface area is 273 Å². The number of benzene rings is 2. The van der Waals surface area contributed by atoms with E-state index in [0.717, 1.165) is 0 Å². The fourth-order valence-corrected chi connectivity index (χ4v) is 6.57. The molecular weight excluding hydrogens is 612 g/mol. The molecule has 2 aromatic carbocycles. The fraction of sp³-hybridized carbons (Fsp3) is 0.559. The molecule has 2 unspecified atom stereocenters. The van der Waals surface area contributed by atoms with Crippen LogP contribution in [0.15, 0.2) is 18.2 Å². The highest BCUT2D eigenvalue weighted by atomic mass is 16.7. The van der Waals surface area contributed by atoms with Crippen LogP contribution in [0.2, 0.25) is 0 Å². The number of hydrogen-bond donors (Lipinski definition) is 5. The van der Waals surface area contributed by atoms with Gasteiger partial charge in [0, 0.05) is 49.0 Å². The number of phenols is 2. The van der Waals surface area contributed by atoms with E-state index in [1.807, 2.05) is 20.8 Å². The second kappa shape index (κ2) is 14.7. The zero-order valence-corrected chi connectivity index (χ0v) is 27.2. The largest absolute Gasteiger partial charge is 0.507 e. The molecule has 2 aliphatic carbocycles. The van der Waals surface area contributed by atoms with Crippen molar-refractivity contribution in [2.75, 3.05) is 40.0 Å². The quantitative estimate of drug-likeness (QED) is 0.224. The normalized spacial score (nSPS) is 26.7. The number of amides is 1. The summed E-state index contributed by atoms with van der Waals surface area (Å²) in [5.74, 6) is -3.10. The summed E-state index contributed by atoms with van der Waals surface area (Å²) in [4.78, 5) is 40.8. The minimum absolute atomic E-state index is 0.00317. The summed E-state index contributed by atoms with van der Waals surface area (Å²) in [6, 6.07) is 4.51. The highest BCUT2D eigenvalue weighted by molar-refractivity contribution is 6.31. The molecule has 5 N–H and O–H groups in total. The third-order valence-corrected chi connectivity index (χ3v) is 8.79. The van der Waals surface area contributed by atoms with Crippen molar-refractivity contribution in [3.63, 3.8) is 0 Å². The van der Waals surface area contributed by atoms with Gasteiger partial charge in [-0.15, -0.1) is 0 Å². The lowest BCUT2D eigenvalue weighted by Crippen LogP contribution is -2.52. The molecule has 2 aromatic rings. The monoisotopic (exact) mass is 656 g/mol. The summed E-state index contributed by atoms with van der Waals surface area (Å²) >= 11 is 0. The first-order valence-electron chi connectivity index (χ1n) is 16.3. The van der Waals surface area contributed by atoms with E-state index in [0.29, 0.717) is 45.6 Å². The Bertz CT molecular complexity index is 1500. The Kier molecular flexibility index (Phi) is 10.8. The standard InChI is InChI=1S/C32H38N2O11.C2H6/c1-3-9-34-31(39)32(40)12-18-24(20(13-32)45-22-8-7-16(14-43-22)44-21-15-42-11-10-33-21)30(38)26-25(28(18)36)27(35)17-5-4-6-19(41-2)23(17)29(26)37;1-2/h4-6,16,20-22,33,36,38,40H,3,7-15H2,1-2H3,(H,34,39);1-2H3/t16-,20-,21?,22?,32-;/m0./s1. The van der Waals surface area contributed by atoms with Gasteiger partial charge in [0.15, 0.2) is 12.1 Å². The summed E-state index contributed by atoms with van der Waals surface area (Å²) < 4.78 is 29.1. The molecule has 2 aliphatic heterocycles. The Hall–Kier alpha value is -3.59. The summed E-state index contributed by atoms with van der Waals surface area (Å²) in [6.45, 7) is 8.11. The molecule has 2 fully saturated rings. The number of aromatic hydroxyl groups is 2. The maximum atomic E-state index is 13.8. The highest BCUT2D eigenvalue weighted by Crippen LogP contribution is 2.52. The van der Waals surface area contributed by atoms with Crippen molar-refractivity contribution in [3.05, 3.63) is 51.6 Å². The smallest absolute Gasteiger partial charge is 0.252 e. The van der Waals surface area contributed by atoms with Gasteiger partial charge in [0.05, 0.1) is 55.8 Å². The van der Waals surface area contributed by atoms with Crippen LogP contribution in [0.25, 0.3) is 0 Å². The van der Waals surface area contributed by atoms with Crippen molar-refractivity contribution >= 4 is 17.5 Å². The van der Waals surface area contributed by atoms with E-state index in [4.69, 9.17) is 23.7 Å². The number of morpholine rings is 1. The van der Waals surface area contributed by atoms with E-state index in [1.165, 1.54) is 19.2 Å². The molecule has 0 aromatic heterocycles. The topological polar surface area (TPSA) is 182 Å². The molecule has 5 atom stereocenters. The van der Waals surface area contributed by atoms with Crippen LogP contribution in [0.3, 0.4) is 0 Å². The fourth-order valence-electron chi connectivity index (χ4n) is 6.57. The summed E-state index contributed by atoms with van der Waals surface area (Å²) in [5, 5.41) is 40.9. The number of fused-ring (bicyclic) bond motifs is 3. The Morgan fingerprint density at radius 3 is 2.49 bits per heavy atom. The number of carbonyl (C=O) groups excluding carboxylic acids is 3. The van der Waals surface area contributed by atoms with Crippen molar-refractivity contribution in [3.8, 4) is 17.2 Å². The molecule has 4 aliphatic rings. The average molecular weight is 657 g/mol. The lowest BCUT2D eigenvalue weighted by Gasteiger charge is -2.41. The second-order valence-electron chi connectivity index (χ2n) is 11.8. The predicted molar refractivity (Wildman–Crippen MR) is 168 cm³/mol. The van der Waals surface area contributed by atoms with Crippen molar-refractivity contribution < 1.29 is 53.4 Å². The molecule has 256 valence electrons. The molecule has 47 heavy (non-hydrogen) atoms. The first-order valence-corrected chi connectivity index (χ1v) is 16.3. The van der Waals surface area contributed by atoms with Crippen molar-refractivity contribution in [1.29, 1.82) is 0 Å². The number of ketones is 2. The SMILES string of the molecule is CC.CCCNC(=O)[C@]1(O)Cc2c(O)c3c(c(O)c2[C@@H](OC2CC[C@H](OC4COCCN4)CO2)C1)C(=O)c1c(OC)cccc1C3=O. The molecule has 0 spiro atoms. The van der Waals surface area contributed by atoms with Gasteiger partial charge in [-0.25, -0.2) is 0 Å². The third-order valence-electron chi connectivity index (χ3n) is 8.79. The molecular formula is C34H44N2O11. The number of ether oxygens (including phenoxy) is 5. The number of rotatable bonds is 8. The van der Waals surface area contributed by atoms with Gasteiger partial charge in [0.2, 0.25) is 5.78 Å². The van der Waals surface area contributed by atoms with Crippen LogP contribution in [0.4, 0.5) is 0 Å². The molecule has 13 nitrogen and oxygen atoms in total. The van der Waals surface area contributed by atoms with Gasteiger partial charge in [0.25, 0.3) is 5.91 Å². The minimum Gasteiger partial charge on any atom is -0.507 e. The van der Waals surface area contributed by atoms with Gasteiger partial charge in [-0.3, -0.25) is 19.7 Å². The van der Waals surface area contributed by atoms with Crippen LogP contribution < -0.4 is 15.4 Å². The van der Waals surface area contributed by atoms with Crippen LogP contribution >= 0.6 is 0 Å². The number of phenolic OH excluding ortho intramolecular Hbond substituents is 2. The predicted octanol–water partition coefficient (Wildman–Crippen LogP) is 2.64. The van der Waals surface area contributed by atoms with E-state index < -0.39 is 59.0 Å². The molecule has 6 rings (SSSR count). The molecule has 0 saturated carbocycles. The van der Waals surface area contributed by atoms with Crippen molar-refractivity contribution in [2.45, 2.75) is 83.2 Å². The molecule has 13 heteroatoms. The maximum absolute atomic E-state index is 13.8.